The van der Waals surface area contributed by atoms with Crippen LogP contribution in [0.25, 0.3) is 10.9 Å². The number of amides is 1. The normalized spacial score (nSPS) is 19.8. The first-order chi connectivity index (χ1) is 8.75. The first-order valence-electron chi connectivity index (χ1n) is 5.81. The third kappa shape index (κ3) is 1.94. The number of hydrogen-bond donors (Lipinski definition) is 2. The number of aromatic nitrogens is 1. The zero-order valence-corrected chi connectivity index (χ0v) is 10.4. The van der Waals surface area contributed by atoms with Gasteiger partial charge in [-0.3, -0.25) is 9.78 Å². The van der Waals surface area contributed by atoms with Crippen LogP contribution in [0.4, 0.5) is 0 Å². The van der Waals surface area contributed by atoms with Crippen LogP contribution in [0.15, 0.2) is 30.5 Å². The number of benzene rings is 1. The quantitative estimate of drug-likeness (QED) is 0.821. The van der Waals surface area contributed by atoms with Crippen molar-refractivity contribution >= 4 is 28.4 Å². The third-order valence-electron chi connectivity index (χ3n) is 3.08. The Morgan fingerprint density at radius 2 is 2.17 bits per heavy atom. The van der Waals surface area contributed by atoms with E-state index in [0.717, 1.165) is 23.0 Å². The lowest BCUT2D eigenvalue weighted by Gasteiger charge is -2.24. The van der Waals surface area contributed by atoms with Crippen LogP contribution < -0.4 is 10.6 Å². The summed E-state index contributed by atoms with van der Waals surface area (Å²) in [5.41, 5.74) is 1.76. The predicted molar refractivity (Wildman–Crippen MR) is 70.5 cm³/mol. The standard InChI is InChI=1S/C13H12ClN3O/c14-8-1-2-11-10(7-8)9(3-4-15-11)12-13(18)17-6-5-16-12/h1-4,7,12,16H,5-6H2,(H,17,18). The highest BCUT2D eigenvalue weighted by Crippen LogP contribution is 2.26. The topological polar surface area (TPSA) is 54.0 Å². The van der Waals surface area contributed by atoms with Crippen molar-refractivity contribution < 1.29 is 4.79 Å². The van der Waals surface area contributed by atoms with Crippen molar-refractivity contribution in [2.24, 2.45) is 0 Å². The number of carbonyl (C=O) groups excluding carboxylic acids is 1. The Morgan fingerprint density at radius 3 is 3.00 bits per heavy atom. The molecule has 5 heteroatoms. The molecule has 0 radical (unpaired) electrons. The number of nitrogens with zero attached hydrogens (tertiary/aromatic N) is 1. The smallest absolute Gasteiger partial charge is 0.241 e. The van der Waals surface area contributed by atoms with Gasteiger partial charge in [-0.15, -0.1) is 0 Å². The second-order valence-corrected chi connectivity index (χ2v) is 4.68. The molecule has 0 aliphatic carbocycles. The summed E-state index contributed by atoms with van der Waals surface area (Å²) < 4.78 is 0. The average molecular weight is 262 g/mol. The van der Waals surface area contributed by atoms with E-state index in [1.54, 1.807) is 12.3 Å². The van der Waals surface area contributed by atoms with Crippen LogP contribution in [0.5, 0.6) is 0 Å². The average Bonchev–Trinajstić information content (AvgIpc) is 2.39. The van der Waals surface area contributed by atoms with E-state index >= 15 is 0 Å². The Morgan fingerprint density at radius 1 is 1.28 bits per heavy atom. The molecule has 2 aromatic rings. The monoisotopic (exact) mass is 261 g/mol. The molecule has 0 bridgehead atoms. The van der Waals surface area contributed by atoms with Gasteiger partial charge in [-0.1, -0.05) is 11.6 Å². The van der Waals surface area contributed by atoms with Crippen molar-refractivity contribution in [1.82, 2.24) is 15.6 Å². The summed E-state index contributed by atoms with van der Waals surface area (Å²) in [4.78, 5) is 16.2. The molecule has 18 heavy (non-hydrogen) atoms. The largest absolute Gasteiger partial charge is 0.353 e. The second-order valence-electron chi connectivity index (χ2n) is 4.24. The molecule has 2 N–H and O–H groups in total. The molecule has 0 spiro atoms. The molecular weight excluding hydrogens is 250 g/mol. The molecule has 1 aliphatic rings. The van der Waals surface area contributed by atoms with Crippen molar-refractivity contribution in [3.05, 3.63) is 41.0 Å². The molecule has 1 aromatic heterocycles. The van der Waals surface area contributed by atoms with Gasteiger partial charge in [0.15, 0.2) is 0 Å². The number of halogens is 1. The van der Waals surface area contributed by atoms with Crippen LogP contribution in [0.2, 0.25) is 5.02 Å². The number of piperazine rings is 1. The summed E-state index contributed by atoms with van der Waals surface area (Å²) in [6, 6.07) is 7.05. The van der Waals surface area contributed by atoms with E-state index in [4.69, 9.17) is 11.6 Å². The van der Waals surface area contributed by atoms with Gasteiger partial charge in [0, 0.05) is 29.7 Å². The molecule has 1 aliphatic heterocycles. The summed E-state index contributed by atoms with van der Waals surface area (Å²) in [6.07, 6.45) is 1.72. The zero-order chi connectivity index (χ0) is 12.5. The van der Waals surface area contributed by atoms with Crippen LogP contribution in [-0.4, -0.2) is 24.0 Å². The van der Waals surface area contributed by atoms with E-state index in [9.17, 15) is 4.79 Å². The highest BCUT2D eigenvalue weighted by Gasteiger charge is 2.24. The fourth-order valence-corrected chi connectivity index (χ4v) is 2.41. The maximum atomic E-state index is 11.9. The van der Waals surface area contributed by atoms with Crippen molar-refractivity contribution in [2.45, 2.75) is 6.04 Å². The van der Waals surface area contributed by atoms with Crippen LogP contribution in [0.3, 0.4) is 0 Å². The number of carbonyl (C=O) groups is 1. The van der Waals surface area contributed by atoms with Gasteiger partial charge in [0.25, 0.3) is 0 Å². The summed E-state index contributed by atoms with van der Waals surface area (Å²) in [6.45, 7) is 1.43. The lowest BCUT2D eigenvalue weighted by molar-refractivity contribution is -0.124. The molecule has 4 nitrogen and oxygen atoms in total. The Labute approximate surface area is 109 Å². The molecule has 1 unspecified atom stereocenters. The van der Waals surface area contributed by atoms with Crippen LogP contribution in [0.1, 0.15) is 11.6 Å². The molecule has 1 amide bonds. The summed E-state index contributed by atoms with van der Waals surface area (Å²) >= 11 is 6.02. The van der Waals surface area contributed by atoms with Crippen molar-refractivity contribution in [3.8, 4) is 0 Å². The van der Waals surface area contributed by atoms with E-state index in [2.05, 4.69) is 15.6 Å². The highest BCUT2D eigenvalue weighted by atomic mass is 35.5. The molecular formula is C13H12ClN3O. The molecule has 3 rings (SSSR count). The maximum Gasteiger partial charge on any atom is 0.241 e. The minimum absolute atomic E-state index is 0.00581. The lowest BCUT2D eigenvalue weighted by Crippen LogP contribution is -2.47. The number of nitrogens with one attached hydrogen (secondary N) is 2. The number of rotatable bonds is 1. The molecule has 0 saturated carbocycles. The molecule has 92 valence electrons. The van der Waals surface area contributed by atoms with Crippen LogP contribution in [0, 0.1) is 0 Å². The fourth-order valence-electron chi connectivity index (χ4n) is 2.24. The summed E-state index contributed by atoms with van der Waals surface area (Å²) in [7, 11) is 0. The van der Waals surface area contributed by atoms with Gasteiger partial charge in [-0.2, -0.15) is 0 Å². The number of pyridine rings is 1. The second kappa shape index (κ2) is 4.55. The van der Waals surface area contributed by atoms with Gasteiger partial charge in [0.2, 0.25) is 5.91 Å². The predicted octanol–water partition coefficient (Wildman–Crippen LogP) is 1.65. The zero-order valence-electron chi connectivity index (χ0n) is 9.61. The fraction of sp³-hybridized carbons (Fsp3) is 0.231. The van der Waals surface area contributed by atoms with Gasteiger partial charge in [0.05, 0.1) is 5.52 Å². The van der Waals surface area contributed by atoms with Gasteiger partial charge in [-0.25, -0.2) is 0 Å². The van der Waals surface area contributed by atoms with Gasteiger partial charge >= 0.3 is 0 Å². The van der Waals surface area contributed by atoms with Crippen molar-refractivity contribution in [3.63, 3.8) is 0 Å². The van der Waals surface area contributed by atoms with Crippen LogP contribution in [-0.2, 0) is 4.79 Å². The molecule has 1 atom stereocenters. The first-order valence-corrected chi connectivity index (χ1v) is 6.19. The van der Waals surface area contributed by atoms with Gasteiger partial charge in [0.1, 0.15) is 6.04 Å². The SMILES string of the molecule is O=C1NCCNC1c1ccnc2ccc(Cl)cc12. The Hall–Kier alpha value is -1.65. The van der Waals surface area contributed by atoms with E-state index in [-0.39, 0.29) is 11.9 Å². The van der Waals surface area contributed by atoms with Crippen LogP contribution >= 0.6 is 11.6 Å². The molecule has 1 aromatic carbocycles. The first kappa shape index (κ1) is 11.4. The molecule has 2 heterocycles. The Balaban J connectivity index is 2.15. The minimum atomic E-state index is -0.331. The van der Waals surface area contributed by atoms with E-state index in [1.165, 1.54) is 0 Å². The Kier molecular flexibility index (Phi) is 2.89. The lowest BCUT2D eigenvalue weighted by atomic mass is 10.0. The van der Waals surface area contributed by atoms with E-state index in [0.29, 0.717) is 11.6 Å². The van der Waals surface area contributed by atoms with Gasteiger partial charge in [-0.05, 0) is 29.8 Å². The maximum absolute atomic E-state index is 11.9. The van der Waals surface area contributed by atoms with E-state index < -0.39 is 0 Å². The third-order valence-corrected chi connectivity index (χ3v) is 3.32. The van der Waals surface area contributed by atoms with Crippen molar-refractivity contribution in [1.29, 1.82) is 0 Å². The van der Waals surface area contributed by atoms with Crippen molar-refractivity contribution in [2.75, 3.05) is 13.1 Å². The summed E-state index contributed by atoms with van der Waals surface area (Å²) in [5, 5.41) is 7.63. The van der Waals surface area contributed by atoms with E-state index in [1.807, 2.05) is 18.2 Å². The number of hydrogen-bond acceptors (Lipinski definition) is 3. The molecule has 1 saturated heterocycles. The minimum Gasteiger partial charge on any atom is -0.353 e. The molecule has 1 fully saturated rings. The Bertz CT molecular complexity index is 614. The summed E-state index contributed by atoms with van der Waals surface area (Å²) in [5.74, 6) is -0.00581. The highest BCUT2D eigenvalue weighted by molar-refractivity contribution is 6.31. The van der Waals surface area contributed by atoms with Gasteiger partial charge < -0.3 is 10.6 Å². The number of fused-ring (bicyclic) bond motifs is 1.